The lowest BCUT2D eigenvalue weighted by Gasteiger charge is -2.13. The molecule has 0 radical (unpaired) electrons. The van der Waals surface area contributed by atoms with Gasteiger partial charge in [-0.2, -0.15) is 10.2 Å². The van der Waals surface area contributed by atoms with Gasteiger partial charge in [0.2, 0.25) is 0 Å². The van der Waals surface area contributed by atoms with Gasteiger partial charge in [0, 0.05) is 31.0 Å². The maximum absolute atomic E-state index is 12.5. The Balaban J connectivity index is 1.46. The number of amides is 1. The zero-order chi connectivity index (χ0) is 17.1. The fraction of sp³-hybridized carbons (Fsp3) is 0.278. The van der Waals surface area contributed by atoms with Crippen molar-refractivity contribution in [3.63, 3.8) is 0 Å². The van der Waals surface area contributed by atoms with E-state index in [9.17, 15) is 4.79 Å². The van der Waals surface area contributed by atoms with Crippen molar-refractivity contribution in [1.82, 2.24) is 30.6 Å². The molecule has 1 aromatic carbocycles. The van der Waals surface area contributed by atoms with E-state index in [2.05, 4.69) is 32.0 Å². The van der Waals surface area contributed by atoms with E-state index in [4.69, 9.17) is 0 Å². The Bertz CT molecular complexity index is 868. The molecule has 1 amide bonds. The predicted molar refractivity (Wildman–Crippen MR) is 92.9 cm³/mol. The lowest BCUT2D eigenvalue weighted by Crippen LogP contribution is -2.28. The summed E-state index contributed by atoms with van der Waals surface area (Å²) in [6, 6.07) is 9.98. The van der Waals surface area contributed by atoms with Gasteiger partial charge in [-0.15, -0.1) is 0 Å². The zero-order valence-corrected chi connectivity index (χ0v) is 13.8. The molecule has 7 heteroatoms. The first-order chi connectivity index (χ1) is 12.3. The van der Waals surface area contributed by atoms with Crippen LogP contribution in [0.4, 0.5) is 0 Å². The Morgan fingerprint density at radius 2 is 2.12 bits per heavy atom. The molecule has 0 aliphatic carbocycles. The highest BCUT2D eigenvalue weighted by Gasteiger charge is 2.21. The molecule has 0 unspecified atom stereocenters. The molecular weight excluding hydrogens is 316 g/mol. The maximum Gasteiger partial charge on any atom is 0.272 e. The van der Waals surface area contributed by atoms with Crippen LogP contribution in [0, 0.1) is 0 Å². The zero-order valence-electron chi connectivity index (χ0n) is 13.8. The van der Waals surface area contributed by atoms with Crippen molar-refractivity contribution in [2.24, 2.45) is 0 Å². The largest absolute Gasteiger partial charge is 0.347 e. The predicted octanol–water partition coefficient (Wildman–Crippen LogP) is 1.23. The number of nitrogens with zero attached hydrogens (tertiary/aromatic N) is 3. The van der Waals surface area contributed by atoms with Gasteiger partial charge in [0.15, 0.2) is 5.69 Å². The molecule has 128 valence electrons. The summed E-state index contributed by atoms with van der Waals surface area (Å²) >= 11 is 0. The van der Waals surface area contributed by atoms with Crippen molar-refractivity contribution in [3.05, 3.63) is 70.8 Å². The highest BCUT2D eigenvalue weighted by atomic mass is 16.1. The van der Waals surface area contributed by atoms with Crippen LogP contribution >= 0.6 is 0 Å². The summed E-state index contributed by atoms with van der Waals surface area (Å²) in [6.07, 6.45) is 4.52. The van der Waals surface area contributed by atoms with E-state index in [0.717, 1.165) is 41.9 Å². The summed E-state index contributed by atoms with van der Waals surface area (Å²) in [5, 5.41) is 17.7. The van der Waals surface area contributed by atoms with Gasteiger partial charge in [0.05, 0.1) is 12.2 Å². The number of rotatable bonds is 5. The van der Waals surface area contributed by atoms with Gasteiger partial charge in [-0.1, -0.05) is 24.3 Å². The van der Waals surface area contributed by atoms with Gasteiger partial charge < -0.3 is 10.6 Å². The summed E-state index contributed by atoms with van der Waals surface area (Å²) in [7, 11) is 0. The van der Waals surface area contributed by atoms with E-state index in [1.165, 1.54) is 0 Å². The Morgan fingerprint density at radius 1 is 1.24 bits per heavy atom. The first kappa shape index (κ1) is 15.6. The first-order valence-corrected chi connectivity index (χ1v) is 8.40. The number of aromatic amines is 1. The molecule has 2 aromatic heterocycles. The van der Waals surface area contributed by atoms with Crippen molar-refractivity contribution in [2.45, 2.75) is 26.1 Å². The second-order valence-electron chi connectivity index (χ2n) is 6.11. The van der Waals surface area contributed by atoms with Crippen LogP contribution in [0.3, 0.4) is 0 Å². The minimum absolute atomic E-state index is 0.131. The lowest BCUT2D eigenvalue weighted by molar-refractivity contribution is 0.0945. The van der Waals surface area contributed by atoms with Crippen molar-refractivity contribution < 1.29 is 4.79 Å². The van der Waals surface area contributed by atoms with Crippen molar-refractivity contribution in [3.8, 4) is 0 Å². The normalized spacial score (nSPS) is 13.4. The van der Waals surface area contributed by atoms with E-state index >= 15 is 0 Å². The summed E-state index contributed by atoms with van der Waals surface area (Å²) in [4.78, 5) is 12.5. The molecule has 3 N–H and O–H groups in total. The monoisotopic (exact) mass is 336 g/mol. The Labute approximate surface area is 145 Å². The third-order valence-electron chi connectivity index (χ3n) is 4.47. The molecule has 3 aromatic rings. The summed E-state index contributed by atoms with van der Waals surface area (Å²) in [6.45, 7) is 2.76. The molecule has 1 aliphatic rings. The molecule has 0 saturated heterocycles. The van der Waals surface area contributed by atoms with E-state index in [-0.39, 0.29) is 5.91 Å². The first-order valence-electron chi connectivity index (χ1n) is 8.40. The number of aromatic nitrogens is 4. The van der Waals surface area contributed by atoms with Gasteiger partial charge in [0.1, 0.15) is 0 Å². The average Bonchev–Trinajstić information content (AvgIpc) is 3.30. The van der Waals surface area contributed by atoms with Crippen LogP contribution in [0.1, 0.15) is 32.9 Å². The molecule has 0 fully saturated rings. The topological polar surface area (TPSA) is 87.6 Å². The molecule has 7 nitrogen and oxygen atoms in total. The molecule has 0 spiro atoms. The van der Waals surface area contributed by atoms with Gasteiger partial charge in [-0.3, -0.25) is 14.6 Å². The average molecular weight is 336 g/mol. The maximum atomic E-state index is 12.5. The van der Waals surface area contributed by atoms with Crippen LogP contribution in [0.15, 0.2) is 42.7 Å². The number of hydrogen-bond acceptors (Lipinski definition) is 4. The third kappa shape index (κ3) is 3.32. The quantitative estimate of drug-likeness (QED) is 0.654. The number of benzene rings is 1. The Kier molecular flexibility index (Phi) is 4.30. The minimum atomic E-state index is -0.131. The summed E-state index contributed by atoms with van der Waals surface area (Å²) < 4.78 is 1.87. The summed E-state index contributed by atoms with van der Waals surface area (Å²) in [5.74, 6) is -0.131. The molecule has 0 saturated carbocycles. The standard InChI is InChI=1S/C18H20N6O/c25-18(17-15-6-8-19-11-16(15)22-23-17)20-10-13-4-1-2-5-14(13)12-24-9-3-7-21-24/h1-5,7,9,19H,6,8,10-12H2,(H,20,25)(H,22,23). The van der Waals surface area contributed by atoms with Crippen LogP contribution in [0.5, 0.6) is 0 Å². The van der Waals surface area contributed by atoms with Crippen molar-refractivity contribution in [1.29, 1.82) is 0 Å². The number of carbonyl (C=O) groups is 1. The SMILES string of the molecule is O=C(NCc1ccccc1Cn1cccn1)c1n[nH]c2c1CCNC2. The van der Waals surface area contributed by atoms with Crippen LogP contribution in [0.2, 0.25) is 0 Å². The molecule has 0 bridgehead atoms. The van der Waals surface area contributed by atoms with Crippen LogP contribution in [-0.2, 0) is 26.1 Å². The van der Waals surface area contributed by atoms with Gasteiger partial charge in [-0.25, -0.2) is 0 Å². The number of carbonyl (C=O) groups excluding carboxylic acids is 1. The Morgan fingerprint density at radius 3 is 2.96 bits per heavy atom. The van der Waals surface area contributed by atoms with Gasteiger partial charge in [0.25, 0.3) is 5.91 Å². The van der Waals surface area contributed by atoms with Crippen LogP contribution in [0.25, 0.3) is 0 Å². The minimum Gasteiger partial charge on any atom is -0.347 e. The van der Waals surface area contributed by atoms with E-state index in [1.54, 1.807) is 6.20 Å². The number of nitrogens with one attached hydrogen (secondary N) is 3. The number of H-pyrrole nitrogens is 1. The second kappa shape index (κ2) is 6.90. The number of fused-ring (bicyclic) bond motifs is 1. The fourth-order valence-corrected chi connectivity index (χ4v) is 3.14. The van der Waals surface area contributed by atoms with E-state index in [1.807, 2.05) is 35.1 Å². The Hall–Kier alpha value is -2.93. The van der Waals surface area contributed by atoms with E-state index in [0.29, 0.717) is 18.8 Å². The van der Waals surface area contributed by atoms with Crippen LogP contribution in [-0.4, -0.2) is 32.4 Å². The van der Waals surface area contributed by atoms with Gasteiger partial charge >= 0.3 is 0 Å². The van der Waals surface area contributed by atoms with E-state index < -0.39 is 0 Å². The molecule has 4 rings (SSSR count). The molecular formula is C18H20N6O. The fourth-order valence-electron chi connectivity index (χ4n) is 3.14. The van der Waals surface area contributed by atoms with Crippen LogP contribution < -0.4 is 10.6 Å². The lowest BCUT2D eigenvalue weighted by atomic mass is 10.0. The highest BCUT2D eigenvalue weighted by molar-refractivity contribution is 5.94. The second-order valence-corrected chi connectivity index (χ2v) is 6.11. The molecule has 3 heterocycles. The molecule has 0 atom stereocenters. The van der Waals surface area contributed by atoms with Gasteiger partial charge in [-0.05, 0) is 30.2 Å². The molecule has 1 aliphatic heterocycles. The smallest absolute Gasteiger partial charge is 0.272 e. The highest BCUT2D eigenvalue weighted by Crippen LogP contribution is 2.16. The number of hydrogen-bond donors (Lipinski definition) is 3. The van der Waals surface area contributed by atoms with Crippen molar-refractivity contribution in [2.75, 3.05) is 6.54 Å². The molecule has 25 heavy (non-hydrogen) atoms. The third-order valence-corrected chi connectivity index (χ3v) is 4.47. The summed E-state index contributed by atoms with van der Waals surface area (Å²) in [5.41, 5.74) is 4.77. The van der Waals surface area contributed by atoms with Crippen molar-refractivity contribution >= 4 is 5.91 Å².